The Kier molecular flexibility index (Phi) is 4.56. The second-order valence-corrected chi connectivity index (χ2v) is 6.69. The van der Waals surface area contributed by atoms with Crippen LogP contribution in [0.5, 0.6) is 0 Å². The van der Waals surface area contributed by atoms with Gasteiger partial charge in [-0.1, -0.05) is 0 Å². The average Bonchev–Trinajstić information content (AvgIpc) is 2.38. The van der Waals surface area contributed by atoms with E-state index < -0.39 is 12.0 Å². The van der Waals surface area contributed by atoms with E-state index in [4.69, 9.17) is 9.84 Å². The molecule has 0 saturated carbocycles. The first kappa shape index (κ1) is 14.2. The molecule has 4 nitrogen and oxygen atoms in total. The molecular formula is C13H23NO3S. The van der Waals surface area contributed by atoms with Gasteiger partial charge in [0.1, 0.15) is 6.04 Å². The van der Waals surface area contributed by atoms with Crippen molar-refractivity contribution in [1.29, 1.82) is 0 Å². The van der Waals surface area contributed by atoms with Crippen LogP contribution in [0.15, 0.2) is 0 Å². The summed E-state index contributed by atoms with van der Waals surface area (Å²) < 4.78 is 6.04. The summed E-state index contributed by atoms with van der Waals surface area (Å²) >= 11 is 2.00. The van der Waals surface area contributed by atoms with Crippen molar-refractivity contribution in [2.45, 2.75) is 50.3 Å². The van der Waals surface area contributed by atoms with Crippen molar-refractivity contribution in [3.05, 3.63) is 0 Å². The fourth-order valence-corrected chi connectivity index (χ4v) is 4.17. The van der Waals surface area contributed by atoms with E-state index in [2.05, 4.69) is 0 Å². The number of carbonyl (C=O) groups is 1. The fourth-order valence-electron chi connectivity index (χ4n) is 2.93. The number of aliphatic carboxylic acids is 1. The quantitative estimate of drug-likeness (QED) is 0.850. The summed E-state index contributed by atoms with van der Waals surface area (Å²) in [6.07, 6.45) is 4.16. The van der Waals surface area contributed by atoms with Crippen LogP contribution in [0.2, 0.25) is 0 Å². The minimum Gasteiger partial charge on any atom is -0.480 e. The SMILES string of the molecule is CC(C(=O)O)N(C)C1CCOC2(CCSCC2)C1. The predicted molar refractivity (Wildman–Crippen MR) is 73.1 cm³/mol. The normalized spacial score (nSPS) is 29.4. The zero-order valence-corrected chi connectivity index (χ0v) is 12.0. The van der Waals surface area contributed by atoms with E-state index in [1.165, 1.54) is 11.5 Å². The summed E-state index contributed by atoms with van der Waals surface area (Å²) in [5, 5.41) is 9.11. The fraction of sp³-hybridized carbons (Fsp3) is 0.923. The summed E-state index contributed by atoms with van der Waals surface area (Å²) in [7, 11) is 1.93. The first-order valence-corrected chi connectivity index (χ1v) is 7.86. The van der Waals surface area contributed by atoms with Gasteiger partial charge in [-0.05, 0) is 51.2 Å². The van der Waals surface area contributed by atoms with E-state index >= 15 is 0 Å². The molecule has 1 N–H and O–H groups in total. The van der Waals surface area contributed by atoms with Crippen molar-refractivity contribution >= 4 is 17.7 Å². The van der Waals surface area contributed by atoms with Gasteiger partial charge in [0.15, 0.2) is 0 Å². The molecule has 2 saturated heterocycles. The van der Waals surface area contributed by atoms with Crippen LogP contribution >= 0.6 is 11.8 Å². The van der Waals surface area contributed by atoms with Gasteiger partial charge in [0.05, 0.1) is 5.60 Å². The van der Waals surface area contributed by atoms with Crippen LogP contribution in [0.25, 0.3) is 0 Å². The van der Waals surface area contributed by atoms with E-state index in [0.29, 0.717) is 6.04 Å². The number of likely N-dealkylation sites (N-methyl/N-ethyl adjacent to an activating group) is 1. The average molecular weight is 273 g/mol. The molecule has 2 atom stereocenters. The number of carboxylic acids is 1. The summed E-state index contributed by atoms with van der Waals surface area (Å²) in [6.45, 7) is 2.53. The molecule has 2 unspecified atom stereocenters. The lowest BCUT2D eigenvalue weighted by molar-refractivity contribution is -0.147. The summed E-state index contributed by atoms with van der Waals surface area (Å²) in [5.74, 6) is 1.60. The molecule has 0 aromatic carbocycles. The Labute approximate surface area is 113 Å². The maximum absolute atomic E-state index is 11.1. The highest BCUT2D eigenvalue weighted by atomic mass is 32.2. The van der Waals surface area contributed by atoms with Gasteiger partial charge in [-0.15, -0.1) is 0 Å². The highest BCUT2D eigenvalue weighted by molar-refractivity contribution is 7.99. The van der Waals surface area contributed by atoms with Gasteiger partial charge in [-0.25, -0.2) is 0 Å². The van der Waals surface area contributed by atoms with Crippen LogP contribution < -0.4 is 0 Å². The molecule has 0 aliphatic carbocycles. The number of hydrogen-bond donors (Lipinski definition) is 1. The Balaban J connectivity index is 1.99. The van der Waals surface area contributed by atoms with Gasteiger partial charge >= 0.3 is 5.97 Å². The number of thioether (sulfide) groups is 1. The van der Waals surface area contributed by atoms with Crippen molar-refractivity contribution in [2.24, 2.45) is 0 Å². The molecule has 2 aliphatic heterocycles. The zero-order valence-electron chi connectivity index (χ0n) is 11.2. The molecule has 1 spiro atoms. The molecule has 2 rings (SSSR count). The Morgan fingerprint density at radius 2 is 2.17 bits per heavy atom. The third kappa shape index (κ3) is 3.00. The molecule has 0 radical (unpaired) electrons. The molecule has 5 heteroatoms. The topological polar surface area (TPSA) is 49.8 Å². The monoisotopic (exact) mass is 273 g/mol. The highest BCUT2D eigenvalue weighted by Crippen LogP contribution is 2.38. The van der Waals surface area contributed by atoms with Crippen LogP contribution in [0.3, 0.4) is 0 Å². The Bertz CT molecular complexity index is 299. The first-order chi connectivity index (χ1) is 8.54. The van der Waals surface area contributed by atoms with Gasteiger partial charge in [0, 0.05) is 12.6 Å². The molecule has 0 bridgehead atoms. The molecule has 2 heterocycles. The summed E-state index contributed by atoms with van der Waals surface area (Å²) in [6, 6.07) is -0.0731. The molecule has 2 aliphatic rings. The van der Waals surface area contributed by atoms with Crippen molar-refractivity contribution in [3.8, 4) is 0 Å². The molecule has 0 amide bonds. The maximum Gasteiger partial charge on any atom is 0.320 e. The van der Waals surface area contributed by atoms with Crippen molar-refractivity contribution in [3.63, 3.8) is 0 Å². The van der Waals surface area contributed by atoms with E-state index in [9.17, 15) is 4.79 Å². The number of rotatable bonds is 3. The third-order valence-electron chi connectivity index (χ3n) is 4.42. The van der Waals surface area contributed by atoms with Crippen LogP contribution in [0.4, 0.5) is 0 Å². The highest BCUT2D eigenvalue weighted by Gasteiger charge is 2.41. The number of hydrogen-bond acceptors (Lipinski definition) is 4. The van der Waals surface area contributed by atoms with Crippen LogP contribution in [-0.2, 0) is 9.53 Å². The van der Waals surface area contributed by atoms with Crippen LogP contribution in [0.1, 0.15) is 32.6 Å². The molecule has 0 aromatic rings. The van der Waals surface area contributed by atoms with E-state index in [-0.39, 0.29) is 5.60 Å². The number of nitrogens with zero attached hydrogens (tertiary/aromatic N) is 1. The van der Waals surface area contributed by atoms with Gasteiger partial charge in [0.25, 0.3) is 0 Å². The molecule has 2 fully saturated rings. The summed E-state index contributed by atoms with van der Waals surface area (Å²) in [4.78, 5) is 13.1. The molecular weight excluding hydrogens is 250 g/mol. The molecule has 0 aromatic heterocycles. The minimum atomic E-state index is -0.739. The minimum absolute atomic E-state index is 0.0284. The van der Waals surface area contributed by atoms with E-state index in [0.717, 1.165) is 32.3 Å². The Morgan fingerprint density at radius 3 is 2.78 bits per heavy atom. The van der Waals surface area contributed by atoms with Crippen molar-refractivity contribution in [2.75, 3.05) is 25.2 Å². The lowest BCUT2D eigenvalue weighted by Gasteiger charge is -2.46. The van der Waals surface area contributed by atoms with Gasteiger partial charge in [-0.2, -0.15) is 11.8 Å². The lowest BCUT2D eigenvalue weighted by Crippen LogP contribution is -2.52. The van der Waals surface area contributed by atoms with Crippen molar-refractivity contribution in [1.82, 2.24) is 4.90 Å². The van der Waals surface area contributed by atoms with Gasteiger partial charge < -0.3 is 9.84 Å². The second kappa shape index (κ2) is 5.80. The largest absolute Gasteiger partial charge is 0.480 e. The van der Waals surface area contributed by atoms with E-state index in [1.54, 1.807) is 6.92 Å². The predicted octanol–water partition coefficient (Wildman–Crippen LogP) is 1.84. The van der Waals surface area contributed by atoms with Gasteiger partial charge in [-0.3, -0.25) is 9.69 Å². The maximum atomic E-state index is 11.1. The second-order valence-electron chi connectivity index (χ2n) is 5.47. The summed E-state index contributed by atoms with van der Waals surface area (Å²) in [5.41, 5.74) is 0.0284. The lowest BCUT2D eigenvalue weighted by atomic mass is 9.84. The third-order valence-corrected chi connectivity index (χ3v) is 5.40. The number of carboxylic acid groups (broad SMARTS) is 1. The van der Waals surface area contributed by atoms with Crippen LogP contribution in [0, 0.1) is 0 Å². The Morgan fingerprint density at radius 1 is 1.50 bits per heavy atom. The standard InChI is InChI=1S/C13H23NO3S/c1-10(12(15)16)14(2)11-3-6-17-13(9-11)4-7-18-8-5-13/h10-11H,3-9H2,1-2H3,(H,15,16). The smallest absolute Gasteiger partial charge is 0.320 e. The molecule has 104 valence electrons. The van der Waals surface area contributed by atoms with Crippen molar-refractivity contribution < 1.29 is 14.6 Å². The van der Waals surface area contributed by atoms with Crippen LogP contribution in [-0.4, -0.2) is 58.8 Å². The first-order valence-electron chi connectivity index (χ1n) is 6.70. The zero-order chi connectivity index (χ0) is 13.2. The van der Waals surface area contributed by atoms with Gasteiger partial charge in [0.2, 0.25) is 0 Å². The Hall–Kier alpha value is -0.260. The number of ether oxygens (including phenoxy) is 1. The van der Waals surface area contributed by atoms with E-state index in [1.807, 2.05) is 23.7 Å². The molecule has 18 heavy (non-hydrogen) atoms.